The second-order valence-corrected chi connectivity index (χ2v) is 12.5. The van der Waals surface area contributed by atoms with Crippen LogP contribution in [0.3, 0.4) is 0 Å². The van der Waals surface area contributed by atoms with Gasteiger partial charge in [0.2, 0.25) is 29.5 Å². The average Bonchev–Trinajstić information content (AvgIpc) is 3.11. The number of hydrogen-bond acceptors (Lipinski definition) is 11. The predicted molar refractivity (Wildman–Crippen MR) is 191 cm³/mol. The maximum absolute atomic E-state index is 14.2. The van der Waals surface area contributed by atoms with Gasteiger partial charge in [-0.25, -0.2) is 0 Å². The van der Waals surface area contributed by atoms with Crippen LogP contribution in [-0.4, -0.2) is 104 Å². The van der Waals surface area contributed by atoms with Crippen LogP contribution in [0.25, 0.3) is 11.1 Å². The zero-order valence-electron chi connectivity index (χ0n) is 30.1. The van der Waals surface area contributed by atoms with Crippen LogP contribution in [0.2, 0.25) is 0 Å². The number of benzene rings is 2. The van der Waals surface area contributed by atoms with E-state index in [-0.39, 0.29) is 39.2 Å². The highest BCUT2D eigenvalue weighted by Gasteiger charge is 2.36. The minimum Gasteiger partial charge on any atom is -0.492 e. The third kappa shape index (κ3) is 11.1. The van der Waals surface area contributed by atoms with Gasteiger partial charge in [-0.1, -0.05) is 12.1 Å². The van der Waals surface area contributed by atoms with E-state index in [2.05, 4.69) is 21.3 Å². The van der Waals surface area contributed by atoms with Gasteiger partial charge in [0.15, 0.2) is 0 Å². The number of amides is 5. The van der Waals surface area contributed by atoms with Crippen molar-refractivity contribution in [3.05, 3.63) is 47.5 Å². The summed E-state index contributed by atoms with van der Waals surface area (Å²) in [4.78, 5) is 68.5. The number of nitrogens with zero attached hydrogens (tertiary/aromatic N) is 2. The third-order valence-corrected chi connectivity index (χ3v) is 8.36. The Morgan fingerprint density at radius 2 is 1.67 bits per heavy atom. The van der Waals surface area contributed by atoms with Crippen molar-refractivity contribution < 1.29 is 38.6 Å². The zero-order valence-corrected chi connectivity index (χ0v) is 30.1. The Morgan fingerprint density at radius 1 is 1.00 bits per heavy atom. The number of fused-ring (bicyclic) bond motifs is 5. The Morgan fingerprint density at radius 3 is 2.31 bits per heavy atom. The number of ether oxygens (including phenoxy) is 2. The number of likely N-dealkylation sites (N-methyl/N-ethyl adjacent to an activating group) is 1. The van der Waals surface area contributed by atoms with Gasteiger partial charge in [0.05, 0.1) is 12.7 Å². The lowest BCUT2D eigenvalue weighted by atomic mass is 9.93. The van der Waals surface area contributed by atoms with Gasteiger partial charge in [0.25, 0.3) is 0 Å². The van der Waals surface area contributed by atoms with E-state index < -0.39 is 59.7 Å². The van der Waals surface area contributed by atoms with E-state index in [1.54, 1.807) is 36.4 Å². The lowest BCUT2D eigenvalue weighted by molar-refractivity contribution is -0.143. The van der Waals surface area contributed by atoms with E-state index >= 15 is 0 Å². The molecule has 3 rings (SSSR count). The fourth-order valence-electron chi connectivity index (χ4n) is 5.78. The molecule has 0 saturated carbocycles. The van der Waals surface area contributed by atoms with Crippen LogP contribution in [0.4, 0.5) is 0 Å². The standard InChI is InChI=1S/C36H50N8O8/c1-21(20-39)40-34(48)29-18-24-8-10-30(51-15-13-38)26(17-24)27-19-25(9-11-31(27)52-16-14-45)32(35(49)41-22(2)33(47)43-29)44(4)36(50)28(42-23(3)46)7-5-6-12-37/h8-11,17,19,21-22,28-29,32,45H,5-7,12-16,18,37-38H2,1-4H3,(H,40,48)(H,41,49)(H,42,46)(H,43,47)/t21-,22-,28-,29-,32-/m0/s1. The summed E-state index contributed by atoms with van der Waals surface area (Å²) in [6.07, 6.45) is 1.43. The average molecular weight is 723 g/mol. The quantitative estimate of drug-likeness (QED) is 0.118. The Hall–Kier alpha value is -5.24. The third-order valence-electron chi connectivity index (χ3n) is 8.36. The Kier molecular flexibility index (Phi) is 15.8. The summed E-state index contributed by atoms with van der Waals surface area (Å²) < 4.78 is 11.9. The molecule has 0 radical (unpaired) electrons. The molecule has 9 N–H and O–H groups in total. The Labute approximate surface area is 303 Å². The van der Waals surface area contributed by atoms with Gasteiger partial charge >= 0.3 is 0 Å². The van der Waals surface area contributed by atoms with Crippen LogP contribution in [-0.2, 0) is 30.4 Å². The highest BCUT2D eigenvalue weighted by atomic mass is 16.5. The van der Waals surface area contributed by atoms with E-state index in [4.69, 9.17) is 20.9 Å². The van der Waals surface area contributed by atoms with Crippen LogP contribution in [0.15, 0.2) is 36.4 Å². The van der Waals surface area contributed by atoms with Crippen molar-refractivity contribution in [1.82, 2.24) is 26.2 Å². The van der Waals surface area contributed by atoms with Crippen molar-refractivity contribution in [2.75, 3.05) is 40.0 Å². The van der Waals surface area contributed by atoms with Crippen LogP contribution >= 0.6 is 0 Å². The number of hydrogen-bond donors (Lipinski definition) is 7. The summed E-state index contributed by atoms with van der Waals surface area (Å²) >= 11 is 0. The van der Waals surface area contributed by atoms with E-state index in [9.17, 15) is 34.3 Å². The number of nitrogens with two attached hydrogens (primary N) is 2. The molecule has 1 aliphatic rings. The van der Waals surface area contributed by atoms with Gasteiger partial charge in [0.1, 0.15) is 54.9 Å². The smallest absolute Gasteiger partial charge is 0.248 e. The minimum absolute atomic E-state index is 0.00162. The number of unbranched alkanes of at least 4 members (excludes halogenated alkanes) is 1. The molecule has 0 aromatic heterocycles. The van der Waals surface area contributed by atoms with Crippen molar-refractivity contribution in [1.29, 1.82) is 5.26 Å². The summed E-state index contributed by atoms with van der Waals surface area (Å²) in [6, 6.07) is 6.50. The molecule has 16 nitrogen and oxygen atoms in total. The molecule has 1 heterocycles. The van der Waals surface area contributed by atoms with E-state index in [1.165, 1.54) is 32.7 Å². The monoisotopic (exact) mass is 722 g/mol. The first-order valence-electron chi connectivity index (χ1n) is 17.2. The van der Waals surface area contributed by atoms with Gasteiger partial charge in [0, 0.05) is 38.1 Å². The minimum atomic E-state index is -1.32. The summed E-state index contributed by atoms with van der Waals surface area (Å²) in [5.74, 6) is -2.29. The topological polar surface area (TPSA) is 251 Å². The molecule has 2 aromatic carbocycles. The first-order chi connectivity index (χ1) is 24.8. The number of aliphatic hydroxyl groups excluding tert-OH is 1. The predicted octanol–water partition coefficient (Wildman–Crippen LogP) is -0.231. The van der Waals surface area contributed by atoms with Gasteiger partial charge in [-0.2, -0.15) is 5.26 Å². The van der Waals surface area contributed by atoms with Crippen LogP contribution in [0.5, 0.6) is 11.5 Å². The first-order valence-corrected chi connectivity index (χ1v) is 17.2. The molecule has 0 saturated heterocycles. The number of nitriles is 1. The molecule has 1 aliphatic heterocycles. The molecular weight excluding hydrogens is 672 g/mol. The number of carbonyl (C=O) groups excluding carboxylic acids is 5. The maximum atomic E-state index is 14.2. The normalized spacial score (nSPS) is 18.3. The van der Waals surface area contributed by atoms with E-state index in [1.807, 2.05) is 6.07 Å². The van der Waals surface area contributed by atoms with Crippen molar-refractivity contribution in [3.63, 3.8) is 0 Å². The SMILES string of the molecule is CC(=O)N[C@@H](CCCCN)C(=O)N(C)[C@@H]1C(=O)N[C@@H](C)C(=O)N[C@H](C(=O)N[C@@H](C)C#N)Cc2ccc(OCCN)c(c2)-c2cc1ccc2OCCO. The van der Waals surface area contributed by atoms with Gasteiger partial charge in [-0.15, -0.1) is 0 Å². The lowest BCUT2D eigenvalue weighted by Crippen LogP contribution is -2.56. The van der Waals surface area contributed by atoms with E-state index in [0.717, 1.165) is 0 Å². The Bertz CT molecular complexity index is 1630. The molecule has 282 valence electrons. The molecule has 2 aromatic rings. The highest BCUT2D eigenvalue weighted by Crippen LogP contribution is 2.40. The van der Waals surface area contributed by atoms with Crippen molar-refractivity contribution in [2.45, 2.75) is 76.7 Å². The van der Waals surface area contributed by atoms with Gasteiger partial charge in [-0.3, -0.25) is 24.0 Å². The van der Waals surface area contributed by atoms with Crippen LogP contribution in [0.1, 0.15) is 57.2 Å². The molecule has 5 amide bonds. The summed E-state index contributed by atoms with van der Waals surface area (Å²) in [7, 11) is 1.43. The summed E-state index contributed by atoms with van der Waals surface area (Å²) in [5, 5.41) is 29.5. The highest BCUT2D eigenvalue weighted by molar-refractivity contribution is 5.96. The first kappa shape index (κ1) is 41.2. The molecule has 52 heavy (non-hydrogen) atoms. The van der Waals surface area contributed by atoms with Crippen molar-refractivity contribution in [2.24, 2.45) is 11.5 Å². The summed E-state index contributed by atoms with van der Waals surface area (Å²) in [6.45, 7) is 4.64. The van der Waals surface area contributed by atoms with Gasteiger partial charge in [-0.05, 0) is 75.0 Å². The van der Waals surface area contributed by atoms with Crippen molar-refractivity contribution in [3.8, 4) is 28.7 Å². The molecule has 4 bridgehead atoms. The zero-order chi connectivity index (χ0) is 38.4. The molecule has 16 heteroatoms. The molecular formula is C36H50N8O8. The van der Waals surface area contributed by atoms with Crippen LogP contribution < -0.4 is 42.2 Å². The molecule has 5 atom stereocenters. The molecule has 0 unspecified atom stereocenters. The second kappa shape index (κ2) is 20.0. The molecule has 0 aliphatic carbocycles. The van der Waals surface area contributed by atoms with E-state index in [0.29, 0.717) is 53.1 Å². The number of rotatable bonds is 15. The number of carbonyl (C=O) groups is 5. The van der Waals surface area contributed by atoms with Gasteiger partial charge < -0.3 is 52.2 Å². The fraction of sp³-hybridized carbons (Fsp3) is 0.500. The molecule has 0 fully saturated rings. The molecule has 0 spiro atoms. The summed E-state index contributed by atoms with van der Waals surface area (Å²) in [5.41, 5.74) is 13.3. The largest absolute Gasteiger partial charge is 0.492 e. The van der Waals surface area contributed by atoms with Crippen LogP contribution in [0, 0.1) is 11.3 Å². The fourth-order valence-corrected chi connectivity index (χ4v) is 5.78. The Balaban J connectivity index is 2.29. The number of nitrogens with one attached hydrogen (secondary N) is 4. The van der Waals surface area contributed by atoms with Crippen molar-refractivity contribution >= 4 is 29.5 Å². The lowest BCUT2D eigenvalue weighted by Gasteiger charge is -2.32. The second-order valence-electron chi connectivity index (χ2n) is 12.5. The number of aliphatic hydroxyl groups is 1. The maximum Gasteiger partial charge on any atom is 0.248 e.